The van der Waals surface area contributed by atoms with Crippen molar-refractivity contribution in [2.24, 2.45) is 11.8 Å². The Bertz CT molecular complexity index is 180. The first-order valence-electron chi connectivity index (χ1n) is 7.06. The third-order valence-electron chi connectivity index (χ3n) is 3.98. The molecule has 1 unspecified atom stereocenters. The van der Waals surface area contributed by atoms with Crippen LogP contribution < -0.4 is 5.32 Å². The maximum Gasteiger partial charge on any atom is 0.00416 e. The molecule has 1 nitrogen and oxygen atoms in total. The van der Waals surface area contributed by atoms with Gasteiger partial charge in [-0.25, -0.2) is 0 Å². The van der Waals surface area contributed by atoms with Crippen LogP contribution in [-0.2, 0) is 0 Å². The SMILES string of the molecule is C=CCCC(C)NCCC1CCC(C)CC1. The fourth-order valence-electron chi connectivity index (χ4n) is 2.62. The molecule has 1 rings (SSSR count). The highest BCUT2D eigenvalue weighted by atomic mass is 14.9. The zero-order valence-electron chi connectivity index (χ0n) is 11.2. The van der Waals surface area contributed by atoms with Gasteiger partial charge in [0.2, 0.25) is 0 Å². The van der Waals surface area contributed by atoms with Gasteiger partial charge in [0, 0.05) is 6.04 Å². The van der Waals surface area contributed by atoms with Crippen molar-refractivity contribution in [1.82, 2.24) is 5.32 Å². The molecule has 0 aromatic heterocycles. The summed E-state index contributed by atoms with van der Waals surface area (Å²) in [6.07, 6.45) is 11.6. The number of nitrogens with one attached hydrogen (secondary N) is 1. The van der Waals surface area contributed by atoms with Gasteiger partial charge < -0.3 is 5.32 Å². The highest BCUT2D eigenvalue weighted by Crippen LogP contribution is 2.29. The summed E-state index contributed by atoms with van der Waals surface area (Å²) < 4.78 is 0. The van der Waals surface area contributed by atoms with Gasteiger partial charge in [-0.15, -0.1) is 6.58 Å². The van der Waals surface area contributed by atoms with E-state index in [1.54, 1.807) is 0 Å². The van der Waals surface area contributed by atoms with Gasteiger partial charge in [0.15, 0.2) is 0 Å². The van der Waals surface area contributed by atoms with Crippen LogP contribution in [0.25, 0.3) is 0 Å². The quantitative estimate of drug-likeness (QED) is 0.639. The van der Waals surface area contributed by atoms with Gasteiger partial charge in [-0.3, -0.25) is 0 Å². The van der Waals surface area contributed by atoms with Crippen molar-refractivity contribution in [2.45, 2.75) is 64.8 Å². The van der Waals surface area contributed by atoms with E-state index >= 15 is 0 Å². The van der Waals surface area contributed by atoms with Gasteiger partial charge in [0.25, 0.3) is 0 Å². The molecule has 1 atom stereocenters. The minimum absolute atomic E-state index is 0.653. The van der Waals surface area contributed by atoms with E-state index in [9.17, 15) is 0 Å². The van der Waals surface area contributed by atoms with Gasteiger partial charge in [-0.05, 0) is 44.6 Å². The predicted octanol–water partition coefficient (Wildman–Crippen LogP) is 4.15. The Morgan fingerprint density at radius 1 is 1.31 bits per heavy atom. The molecule has 94 valence electrons. The van der Waals surface area contributed by atoms with E-state index in [0.29, 0.717) is 6.04 Å². The molecule has 1 saturated carbocycles. The summed E-state index contributed by atoms with van der Waals surface area (Å²) in [5.41, 5.74) is 0. The molecule has 1 N–H and O–H groups in total. The third-order valence-corrected chi connectivity index (χ3v) is 3.98. The highest BCUT2D eigenvalue weighted by Gasteiger charge is 2.17. The number of allylic oxidation sites excluding steroid dienone is 1. The first kappa shape index (κ1) is 13.8. The second-order valence-corrected chi connectivity index (χ2v) is 5.64. The highest BCUT2D eigenvalue weighted by molar-refractivity contribution is 4.73. The van der Waals surface area contributed by atoms with Gasteiger partial charge in [-0.2, -0.15) is 0 Å². The lowest BCUT2D eigenvalue weighted by atomic mass is 9.81. The largest absolute Gasteiger partial charge is 0.314 e. The van der Waals surface area contributed by atoms with E-state index in [-0.39, 0.29) is 0 Å². The molecule has 0 saturated heterocycles. The Morgan fingerprint density at radius 3 is 2.62 bits per heavy atom. The van der Waals surface area contributed by atoms with Crippen molar-refractivity contribution in [3.63, 3.8) is 0 Å². The molecule has 1 aliphatic carbocycles. The number of hydrogen-bond acceptors (Lipinski definition) is 1. The second kappa shape index (κ2) is 7.89. The minimum atomic E-state index is 0.653. The Balaban J connectivity index is 2.00. The lowest BCUT2D eigenvalue weighted by Gasteiger charge is -2.26. The van der Waals surface area contributed by atoms with Crippen LogP contribution >= 0.6 is 0 Å². The Labute approximate surface area is 102 Å². The van der Waals surface area contributed by atoms with Gasteiger partial charge in [0.1, 0.15) is 0 Å². The van der Waals surface area contributed by atoms with E-state index in [4.69, 9.17) is 0 Å². The molecule has 0 amide bonds. The van der Waals surface area contributed by atoms with E-state index in [2.05, 4.69) is 25.7 Å². The Hall–Kier alpha value is -0.300. The van der Waals surface area contributed by atoms with E-state index in [0.717, 1.165) is 18.3 Å². The summed E-state index contributed by atoms with van der Waals surface area (Å²) in [5, 5.41) is 3.63. The summed E-state index contributed by atoms with van der Waals surface area (Å²) >= 11 is 0. The molecule has 0 spiro atoms. The average molecular weight is 223 g/mol. The van der Waals surface area contributed by atoms with Crippen LogP contribution in [0.4, 0.5) is 0 Å². The lowest BCUT2D eigenvalue weighted by Crippen LogP contribution is -2.28. The van der Waals surface area contributed by atoms with Crippen molar-refractivity contribution in [2.75, 3.05) is 6.54 Å². The van der Waals surface area contributed by atoms with E-state index < -0.39 is 0 Å². The fourth-order valence-corrected chi connectivity index (χ4v) is 2.62. The third kappa shape index (κ3) is 5.69. The topological polar surface area (TPSA) is 12.0 Å². The minimum Gasteiger partial charge on any atom is -0.314 e. The van der Waals surface area contributed by atoms with E-state index in [1.807, 2.05) is 6.08 Å². The van der Waals surface area contributed by atoms with Gasteiger partial charge in [0.05, 0.1) is 0 Å². The molecular formula is C15H29N. The summed E-state index contributed by atoms with van der Waals surface area (Å²) in [5.74, 6) is 1.98. The zero-order chi connectivity index (χ0) is 11.8. The van der Waals surface area contributed by atoms with Crippen LogP contribution in [0.3, 0.4) is 0 Å². The van der Waals surface area contributed by atoms with E-state index in [1.165, 1.54) is 45.1 Å². The van der Waals surface area contributed by atoms with Crippen molar-refractivity contribution >= 4 is 0 Å². The van der Waals surface area contributed by atoms with Crippen LogP contribution in [0.2, 0.25) is 0 Å². The van der Waals surface area contributed by atoms with Crippen molar-refractivity contribution in [3.05, 3.63) is 12.7 Å². The summed E-state index contributed by atoms with van der Waals surface area (Å²) in [7, 11) is 0. The maximum atomic E-state index is 3.77. The number of hydrogen-bond donors (Lipinski definition) is 1. The van der Waals surface area contributed by atoms with Gasteiger partial charge >= 0.3 is 0 Å². The lowest BCUT2D eigenvalue weighted by molar-refractivity contribution is 0.272. The van der Waals surface area contributed by atoms with Crippen LogP contribution in [0.1, 0.15) is 58.8 Å². The number of rotatable bonds is 7. The second-order valence-electron chi connectivity index (χ2n) is 5.64. The summed E-state index contributed by atoms with van der Waals surface area (Å²) in [6.45, 7) is 9.65. The molecule has 1 heteroatoms. The Kier molecular flexibility index (Phi) is 6.79. The molecule has 16 heavy (non-hydrogen) atoms. The normalized spacial score (nSPS) is 27.6. The molecular weight excluding hydrogens is 194 g/mol. The zero-order valence-corrected chi connectivity index (χ0v) is 11.2. The van der Waals surface area contributed by atoms with Crippen molar-refractivity contribution in [1.29, 1.82) is 0 Å². The molecule has 0 aromatic rings. The van der Waals surface area contributed by atoms with Crippen molar-refractivity contribution in [3.8, 4) is 0 Å². The summed E-state index contributed by atoms with van der Waals surface area (Å²) in [4.78, 5) is 0. The van der Waals surface area contributed by atoms with Crippen molar-refractivity contribution < 1.29 is 0 Å². The van der Waals surface area contributed by atoms with Gasteiger partial charge in [-0.1, -0.05) is 38.7 Å². The molecule has 1 aliphatic rings. The summed E-state index contributed by atoms with van der Waals surface area (Å²) in [6, 6.07) is 0.653. The van der Waals surface area contributed by atoms with Crippen LogP contribution in [0, 0.1) is 11.8 Å². The average Bonchev–Trinajstić information content (AvgIpc) is 2.29. The maximum absolute atomic E-state index is 3.77. The molecule has 0 aromatic carbocycles. The molecule has 1 fully saturated rings. The first-order chi connectivity index (χ1) is 7.72. The molecule has 0 bridgehead atoms. The molecule has 0 radical (unpaired) electrons. The smallest absolute Gasteiger partial charge is 0.00416 e. The standard InChI is InChI=1S/C15H29N/c1-4-5-6-14(3)16-12-11-15-9-7-13(2)8-10-15/h4,13-16H,1,5-12H2,2-3H3. The molecule has 0 aliphatic heterocycles. The Morgan fingerprint density at radius 2 is 2.00 bits per heavy atom. The van der Waals surface area contributed by atoms with Crippen LogP contribution in [0.5, 0.6) is 0 Å². The monoisotopic (exact) mass is 223 g/mol. The fraction of sp³-hybridized carbons (Fsp3) is 0.867. The first-order valence-corrected chi connectivity index (χ1v) is 7.06. The van der Waals surface area contributed by atoms with Crippen LogP contribution in [-0.4, -0.2) is 12.6 Å². The predicted molar refractivity (Wildman–Crippen MR) is 72.6 cm³/mol. The molecule has 0 heterocycles. The van der Waals surface area contributed by atoms with Crippen LogP contribution in [0.15, 0.2) is 12.7 Å².